The van der Waals surface area contributed by atoms with Crippen molar-refractivity contribution in [3.63, 3.8) is 0 Å². The first-order chi connectivity index (χ1) is 13.1. The number of hydrogen-bond donors (Lipinski definition) is 3. The summed E-state index contributed by atoms with van der Waals surface area (Å²) >= 11 is 0. The number of aromatic hydroxyl groups is 1. The van der Waals surface area contributed by atoms with E-state index in [1.807, 2.05) is 42.5 Å². The molecule has 0 aliphatic rings. The average molecular weight is 361 g/mol. The Hall–Kier alpha value is -3.67. The lowest BCUT2D eigenvalue weighted by Gasteiger charge is -2.08. The van der Waals surface area contributed by atoms with Gasteiger partial charge in [-0.05, 0) is 23.6 Å². The molecular formula is C21H19N3O3. The van der Waals surface area contributed by atoms with Crippen molar-refractivity contribution >= 4 is 34.5 Å². The van der Waals surface area contributed by atoms with Gasteiger partial charge in [-0.15, -0.1) is 0 Å². The third-order valence-corrected chi connectivity index (χ3v) is 3.97. The molecule has 0 unspecified atom stereocenters. The van der Waals surface area contributed by atoms with E-state index >= 15 is 0 Å². The van der Waals surface area contributed by atoms with E-state index in [0.29, 0.717) is 5.56 Å². The molecule has 3 N–H and O–H groups in total. The normalized spacial score (nSPS) is 10.8. The van der Waals surface area contributed by atoms with Crippen molar-refractivity contribution in [2.24, 2.45) is 5.10 Å². The molecule has 0 saturated heterocycles. The quantitative estimate of drug-likeness (QED) is 0.464. The van der Waals surface area contributed by atoms with Crippen LogP contribution in [0.4, 0.5) is 5.69 Å². The van der Waals surface area contributed by atoms with Crippen LogP contribution in [0.3, 0.4) is 0 Å². The smallest absolute Gasteiger partial charge is 0.240 e. The number of phenols is 1. The molecule has 0 radical (unpaired) electrons. The van der Waals surface area contributed by atoms with Crippen LogP contribution in [0.15, 0.2) is 71.8 Å². The van der Waals surface area contributed by atoms with Crippen LogP contribution in [0.25, 0.3) is 10.8 Å². The summed E-state index contributed by atoms with van der Waals surface area (Å²) in [5.41, 5.74) is 3.56. The highest BCUT2D eigenvalue weighted by Gasteiger charge is 2.08. The standard InChI is InChI=1S/C21H19N3O3/c25-19-11-4-2-7-16(19)14-22-24-21(27)13-12-20(26)23-18-10-5-8-15-6-1-3-9-17(15)18/h1-11,14,25H,12-13H2,(H,23,26)(H,24,27)/b22-14-. The number of hydrazone groups is 1. The third-order valence-electron chi connectivity index (χ3n) is 3.97. The Bertz CT molecular complexity index is 993. The van der Waals surface area contributed by atoms with E-state index in [1.165, 1.54) is 12.3 Å². The molecular weight excluding hydrogens is 342 g/mol. The second-order valence-electron chi connectivity index (χ2n) is 5.93. The van der Waals surface area contributed by atoms with E-state index < -0.39 is 0 Å². The minimum absolute atomic E-state index is 0.00864. The monoisotopic (exact) mass is 361 g/mol. The lowest BCUT2D eigenvalue weighted by Crippen LogP contribution is -2.20. The molecule has 0 aromatic heterocycles. The Morgan fingerprint density at radius 2 is 1.59 bits per heavy atom. The zero-order chi connectivity index (χ0) is 19.1. The van der Waals surface area contributed by atoms with Crippen molar-refractivity contribution in [2.75, 3.05) is 5.32 Å². The van der Waals surface area contributed by atoms with Gasteiger partial charge in [0.25, 0.3) is 0 Å². The number of hydrogen-bond acceptors (Lipinski definition) is 4. The number of rotatable bonds is 6. The summed E-state index contributed by atoms with van der Waals surface area (Å²) in [7, 11) is 0. The van der Waals surface area contributed by atoms with Crippen molar-refractivity contribution in [3.05, 3.63) is 72.3 Å². The summed E-state index contributed by atoms with van der Waals surface area (Å²) in [5.74, 6) is -0.550. The minimum Gasteiger partial charge on any atom is -0.507 e. The predicted molar refractivity (Wildman–Crippen MR) is 106 cm³/mol. The highest BCUT2D eigenvalue weighted by atomic mass is 16.3. The van der Waals surface area contributed by atoms with E-state index in [9.17, 15) is 14.7 Å². The van der Waals surface area contributed by atoms with Gasteiger partial charge in [-0.25, -0.2) is 5.43 Å². The molecule has 0 aliphatic heterocycles. The maximum absolute atomic E-state index is 12.1. The molecule has 3 aromatic rings. The van der Waals surface area contributed by atoms with Gasteiger partial charge in [-0.2, -0.15) is 5.10 Å². The first-order valence-corrected chi connectivity index (χ1v) is 8.51. The summed E-state index contributed by atoms with van der Waals surface area (Å²) in [5, 5.41) is 18.2. The van der Waals surface area contributed by atoms with Crippen molar-refractivity contribution in [1.82, 2.24) is 5.43 Å². The molecule has 0 aliphatic carbocycles. The van der Waals surface area contributed by atoms with Gasteiger partial charge in [0.2, 0.25) is 11.8 Å². The van der Waals surface area contributed by atoms with Crippen LogP contribution >= 0.6 is 0 Å². The second kappa shape index (κ2) is 8.62. The molecule has 0 spiro atoms. The number of anilines is 1. The van der Waals surface area contributed by atoms with Gasteiger partial charge in [-0.1, -0.05) is 48.5 Å². The Balaban J connectivity index is 1.50. The van der Waals surface area contributed by atoms with Crippen LogP contribution in [0.1, 0.15) is 18.4 Å². The topological polar surface area (TPSA) is 90.8 Å². The maximum Gasteiger partial charge on any atom is 0.240 e. The molecule has 3 rings (SSSR count). The van der Waals surface area contributed by atoms with Crippen LogP contribution in [-0.4, -0.2) is 23.1 Å². The van der Waals surface area contributed by atoms with E-state index in [4.69, 9.17) is 0 Å². The summed E-state index contributed by atoms with van der Waals surface area (Å²) in [6.45, 7) is 0. The number of fused-ring (bicyclic) bond motifs is 1. The summed E-state index contributed by atoms with van der Waals surface area (Å²) < 4.78 is 0. The zero-order valence-electron chi connectivity index (χ0n) is 14.6. The molecule has 27 heavy (non-hydrogen) atoms. The van der Waals surface area contributed by atoms with Crippen LogP contribution < -0.4 is 10.7 Å². The lowest BCUT2D eigenvalue weighted by molar-refractivity contribution is -0.124. The fourth-order valence-electron chi connectivity index (χ4n) is 2.60. The van der Waals surface area contributed by atoms with Gasteiger partial charge >= 0.3 is 0 Å². The first kappa shape index (κ1) is 18.1. The third kappa shape index (κ3) is 4.92. The minimum atomic E-state index is -0.380. The van der Waals surface area contributed by atoms with Gasteiger partial charge in [0.15, 0.2) is 0 Å². The number of para-hydroxylation sites is 1. The Morgan fingerprint density at radius 3 is 2.44 bits per heavy atom. The molecule has 0 fully saturated rings. The van der Waals surface area contributed by atoms with Gasteiger partial charge in [0, 0.05) is 29.5 Å². The number of nitrogens with zero attached hydrogens (tertiary/aromatic N) is 1. The number of amides is 2. The Kier molecular flexibility index (Phi) is 5.79. The zero-order valence-corrected chi connectivity index (χ0v) is 14.6. The van der Waals surface area contributed by atoms with Gasteiger partial charge in [0.05, 0.1) is 6.21 Å². The van der Waals surface area contributed by atoms with Crippen molar-refractivity contribution in [2.45, 2.75) is 12.8 Å². The van der Waals surface area contributed by atoms with Crippen molar-refractivity contribution in [1.29, 1.82) is 0 Å². The fraction of sp³-hybridized carbons (Fsp3) is 0.0952. The van der Waals surface area contributed by atoms with E-state index in [0.717, 1.165) is 16.5 Å². The number of benzene rings is 3. The molecule has 0 atom stereocenters. The number of nitrogens with one attached hydrogen (secondary N) is 2. The highest BCUT2D eigenvalue weighted by molar-refractivity contribution is 6.02. The second-order valence-corrected chi connectivity index (χ2v) is 5.93. The first-order valence-electron chi connectivity index (χ1n) is 8.51. The van der Waals surface area contributed by atoms with Gasteiger partial charge < -0.3 is 10.4 Å². The van der Waals surface area contributed by atoms with Gasteiger partial charge in [-0.3, -0.25) is 9.59 Å². The highest BCUT2D eigenvalue weighted by Crippen LogP contribution is 2.23. The van der Waals surface area contributed by atoms with Crippen LogP contribution in [0.5, 0.6) is 5.75 Å². The van der Waals surface area contributed by atoms with Crippen LogP contribution in [0.2, 0.25) is 0 Å². The molecule has 0 heterocycles. The predicted octanol–water partition coefficient (Wildman–Crippen LogP) is 3.41. The Morgan fingerprint density at radius 1 is 0.889 bits per heavy atom. The SMILES string of the molecule is O=C(CCC(=O)Nc1cccc2ccccc12)N/N=C\c1ccccc1O. The molecule has 2 amide bonds. The van der Waals surface area contributed by atoms with E-state index in [1.54, 1.807) is 18.2 Å². The van der Waals surface area contributed by atoms with E-state index in [2.05, 4.69) is 15.8 Å². The average Bonchev–Trinajstić information content (AvgIpc) is 2.68. The van der Waals surface area contributed by atoms with Crippen LogP contribution in [-0.2, 0) is 9.59 Å². The fourth-order valence-corrected chi connectivity index (χ4v) is 2.60. The van der Waals surface area contributed by atoms with Crippen LogP contribution in [0, 0.1) is 0 Å². The molecule has 6 nitrogen and oxygen atoms in total. The number of carbonyl (C=O) groups is 2. The van der Waals surface area contributed by atoms with Crippen molar-refractivity contribution < 1.29 is 14.7 Å². The number of phenolic OH excluding ortho intramolecular Hbond substituents is 1. The maximum atomic E-state index is 12.1. The lowest BCUT2D eigenvalue weighted by atomic mass is 10.1. The molecule has 136 valence electrons. The summed E-state index contributed by atoms with van der Waals surface area (Å²) in [6, 6.07) is 20.1. The molecule has 0 bridgehead atoms. The largest absolute Gasteiger partial charge is 0.507 e. The van der Waals surface area contributed by atoms with E-state index in [-0.39, 0.29) is 30.4 Å². The molecule has 6 heteroatoms. The number of carbonyl (C=O) groups excluding carboxylic acids is 2. The Labute approximate surface area is 156 Å². The van der Waals surface area contributed by atoms with Gasteiger partial charge in [0.1, 0.15) is 5.75 Å². The summed E-state index contributed by atoms with van der Waals surface area (Å²) in [4.78, 5) is 24.0. The molecule has 0 saturated carbocycles. The molecule has 3 aromatic carbocycles. The summed E-state index contributed by atoms with van der Waals surface area (Å²) in [6.07, 6.45) is 1.40. The van der Waals surface area contributed by atoms with Crippen molar-refractivity contribution in [3.8, 4) is 5.75 Å².